The molecule has 1 atom stereocenters. The van der Waals surface area contributed by atoms with Gasteiger partial charge in [-0.2, -0.15) is 0 Å². The Kier molecular flexibility index (Phi) is 3.49. The fourth-order valence-electron chi connectivity index (χ4n) is 2.48. The van der Waals surface area contributed by atoms with Crippen LogP contribution in [0.2, 0.25) is 8.67 Å². The molecule has 0 spiro atoms. The minimum atomic E-state index is -0.270. The summed E-state index contributed by atoms with van der Waals surface area (Å²) in [6.07, 6.45) is 0. The second-order valence-corrected chi connectivity index (χ2v) is 7.97. The Labute approximate surface area is 132 Å². The summed E-state index contributed by atoms with van der Waals surface area (Å²) in [6.45, 7) is 5.04. The van der Waals surface area contributed by atoms with Crippen LogP contribution in [-0.4, -0.2) is 6.61 Å². The van der Waals surface area contributed by atoms with Crippen molar-refractivity contribution in [2.24, 2.45) is 5.73 Å². The molecule has 2 heterocycles. The molecular weight excluding hydrogens is 313 g/mol. The smallest absolute Gasteiger partial charge is 0.123 e. The molecule has 0 saturated heterocycles. The average Bonchev–Trinajstić information content (AvgIpc) is 2.88. The molecule has 0 radical (unpaired) electrons. The van der Waals surface area contributed by atoms with Gasteiger partial charge in [-0.1, -0.05) is 43.1 Å². The Morgan fingerprint density at radius 2 is 2.05 bits per heavy atom. The molecule has 0 bridgehead atoms. The summed E-state index contributed by atoms with van der Waals surface area (Å²) >= 11 is 13.5. The van der Waals surface area contributed by atoms with Crippen molar-refractivity contribution in [2.75, 3.05) is 6.61 Å². The zero-order chi connectivity index (χ0) is 14.5. The molecule has 1 aliphatic rings. The molecule has 0 saturated carbocycles. The van der Waals surface area contributed by atoms with Gasteiger partial charge in [0.2, 0.25) is 0 Å². The Morgan fingerprint density at radius 3 is 2.70 bits per heavy atom. The van der Waals surface area contributed by atoms with Crippen molar-refractivity contribution >= 4 is 34.5 Å². The summed E-state index contributed by atoms with van der Waals surface area (Å²) in [6, 6.07) is 7.67. The minimum Gasteiger partial charge on any atom is -0.492 e. The zero-order valence-electron chi connectivity index (χ0n) is 11.2. The highest BCUT2D eigenvalue weighted by Crippen LogP contribution is 2.41. The van der Waals surface area contributed by atoms with E-state index in [-0.39, 0.29) is 11.5 Å². The number of benzene rings is 1. The third-order valence-electron chi connectivity index (χ3n) is 3.70. The maximum Gasteiger partial charge on any atom is 0.123 e. The highest BCUT2D eigenvalue weighted by molar-refractivity contribution is 7.20. The van der Waals surface area contributed by atoms with Gasteiger partial charge >= 0.3 is 0 Å². The Bertz CT molecular complexity index is 666. The molecule has 0 fully saturated rings. The van der Waals surface area contributed by atoms with Crippen molar-refractivity contribution in [1.29, 1.82) is 0 Å². The van der Waals surface area contributed by atoms with Crippen LogP contribution in [0.3, 0.4) is 0 Å². The first kappa shape index (κ1) is 14.2. The Morgan fingerprint density at radius 1 is 1.30 bits per heavy atom. The summed E-state index contributed by atoms with van der Waals surface area (Å²) in [5.41, 5.74) is 9.45. The molecule has 3 rings (SSSR count). The summed E-state index contributed by atoms with van der Waals surface area (Å²) < 4.78 is 7.01. The second-order valence-electron chi connectivity index (χ2n) is 5.69. The normalized spacial score (nSPS) is 17.6. The highest BCUT2D eigenvalue weighted by atomic mass is 35.5. The lowest BCUT2D eigenvalue weighted by Crippen LogP contribution is -2.19. The molecule has 1 aromatic carbocycles. The lowest BCUT2D eigenvalue weighted by molar-refractivity contribution is 0.291. The molecule has 5 heteroatoms. The molecule has 20 heavy (non-hydrogen) atoms. The topological polar surface area (TPSA) is 35.2 Å². The van der Waals surface area contributed by atoms with Gasteiger partial charge in [0.15, 0.2) is 0 Å². The van der Waals surface area contributed by atoms with Gasteiger partial charge < -0.3 is 10.5 Å². The lowest BCUT2D eigenvalue weighted by Gasteiger charge is -2.18. The fraction of sp³-hybridized carbons (Fsp3) is 0.333. The van der Waals surface area contributed by atoms with E-state index in [1.165, 1.54) is 16.9 Å². The van der Waals surface area contributed by atoms with E-state index < -0.39 is 0 Å². The largest absolute Gasteiger partial charge is 0.492 e. The van der Waals surface area contributed by atoms with Crippen molar-refractivity contribution in [2.45, 2.75) is 25.3 Å². The molecule has 2 N–H and O–H groups in total. The molecule has 1 unspecified atom stereocenters. The predicted molar refractivity (Wildman–Crippen MR) is 85.3 cm³/mol. The first-order valence-electron chi connectivity index (χ1n) is 6.36. The number of hydrogen-bond donors (Lipinski definition) is 1. The van der Waals surface area contributed by atoms with Gasteiger partial charge in [-0.25, -0.2) is 0 Å². The van der Waals surface area contributed by atoms with Crippen LogP contribution in [0.15, 0.2) is 24.3 Å². The van der Waals surface area contributed by atoms with Crippen molar-refractivity contribution in [1.82, 2.24) is 0 Å². The molecule has 2 nitrogen and oxygen atoms in total. The Hall–Kier alpha value is -0.740. The fourth-order valence-corrected chi connectivity index (χ4v) is 4.03. The summed E-state index contributed by atoms with van der Waals surface area (Å²) in [5.74, 6) is 0.945. The van der Waals surface area contributed by atoms with Gasteiger partial charge in [-0.15, -0.1) is 11.3 Å². The molecule has 0 aliphatic carbocycles. The first-order valence-corrected chi connectivity index (χ1v) is 7.93. The Balaban J connectivity index is 2.02. The van der Waals surface area contributed by atoms with E-state index in [4.69, 9.17) is 33.7 Å². The summed E-state index contributed by atoms with van der Waals surface area (Å²) in [5, 5.41) is 0. The molecule has 2 aromatic rings. The van der Waals surface area contributed by atoms with Crippen molar-refractivity contribution < 1.29 is 4.74 Å². The van der Waals surface area contributed by atoms with Crippen LogP contribution in [0.25, 0.3) is 0 Å². The van der Waals surface area contributed by atoms with Crippen molar-refractivity contribution in [3.63, 3.8) is 0 Å². The number of fused-ring (bicyclic) bond motifs is 1. The van der Waals surface area contributed by atoms with Crippen LogP contribution in [0, 0.1) is 0 Å². The van der Waals surface area contributed by atoms with E-state index in [1.54, 1.807) is 0 Å². The van der Waals surface area contributed by atoms with Crippen molar-refractivity contribution in [3.8, 4) is 5.75 Å². The third kappa shape index (κ3) is 2.33. The molecule has 0 amide bonds. The summed E-state index contributed by atoms with van der Waals surface area (Å²) in [7, 11) is 0. The van der Waals surface area contributed by atoms with Gasteiger partial charge in [0, 0.05) is 16.5 Å². The number of ether oxygens (including phenoxy) is 1. The summed E-state index contributed by atoms with van der Waals surface area (Å²) in [4.78, 5) is 0. The zero-order valence-corrected chi connectivity index (χ0v) is 13.6. The van der Waals surface area contributed by atoms with Gasteiger partial charge in [0.1, 0.15) is 5.75 Å². The van der Waals surface area contributed by atoms with Crippen molar-refractivity contribution in [3.05, 3.63) is 49.6 Å². The van der Waals surface area contributed by atoms with E-state index in [9.17, 15) is 0 Å². The number of nitrogens with two attached hydrogens (primary N) is 1. The number of thiophene rings is 1. The van der Waals surface area contributed by atoms with Gasteiger partial charge in [0.25, 0.3) is 0 Å². The number of halogens is 2. The molecule has 1 aliphatic heterocycles. The van der Waals surface area contributed by atoms with Gasteiger partial charge in [-0.3, -0.25) is 0 Å². The highest BCUT2D eigenvalue weighted by Gasteiger charge is 2.32. The standard InChI is InChI=1S/C15H15Cl2NOS/c1-15(2)7-19-11-4-3-8(5-10(11)15)13(18)9-6-12(16)20-14(9)17/h3-6,13H,7,18H2,1-2H3. The maximum atomic E-state index is 6.34. The molecule has 1 aromatic heterocycles. The number of hydrogen-bond acceptors (Lipinski definition) is 3. The average molecular weight is 328 g/mol. The van der Waals surface area contributed by atoms with Crippen LogP contribution < -0.4 is 10.5 Å². The SMILES string of the molecule is CC1(C)COc2ccc(C(N)c3cc(Cl)sc3Cl)cc21. The van der Waals surface area contributed by atoms with Crippen LogP contribution in [0.1, 0.15) is 36.6 Å². The van der Waals surface area contributed by atoms with Crippen LogP contribution in [-0.2, 0) is 5.41 Å². The third-order valence-corrected chi connectivity index (χ3v) is 5.22. The second kappa shape index (κ2) is 4.92. The van der Waals surface area contributed by atoms with E-state index >= 15 is 0 Å². The van der Waals surface area contributed by atoms with Crippen LogP contribution in [0.5, 0.6) is 5.75 Å². The molecular formula is C15H15Cl2NOS. The van der Waals surface area contributed by atoms with E-state index in [2.05, 4.69) is 19.9 Å². The van der Waals surface area contributed by atoms with E-state index in [0.717, 1.165) is 16.9 Å². The lowest BCUT2D eigenvalue weighted by atomic mass is 9.85. The first-order chi connectivity index (χ1) is 9.38. The van der Waals surface area contributed by atoms with E-state index in [1.807, 2.05) is 18.2 Å². The van der Waals surface area contributed by atoms with Crippen LogP contribution >= 0.6 is 34.5 Å². The van der Waals surface area contributed by atoms with E-state index in [0.29, 0.717) is 15.3 Å². The van der Waals surface area contributed by atoms with Gasteiger partial charge in [0.05, 0.1) is 21.3 Å². The monoisotopic (exact) mass is 327 g/mol. The number of rotatable bonds is 2. The van der Waals surface area contributed by atoms with Crippen LogP contribution in [0.4, 0.5) is 0 Å². The molecule has 106 valence electrons. The predicted octanol–water partition coefficient (Wildman–Crippen LogP) is 4.77. The quantitative estimate of drug-likeness (QED) is 0.861. The van der Waals surface area contributed by atoms with Gasteiger partial charge in [-0.05, 0) is 23.8 Å². The minimum absolute atomic E-state index is 0.0150. The maximum absolute atomic E-state index is 6.34.